The molecule has 1 aliphatic heterocycles. The molecule has 1 fully saturated rings. The fraction of sp³-hybridized carbons (Fsp3) is 0.583. The highest BCUT2D eigenvalue weighted by Crippen LogP contribution is 2.30. The van der Waals surface area contributed by atoms with Crippen LogP contribution in [0.25, 0.3) is 0 Å². The van der Waals surface area contributed by atoms with Crippen LogP contribution in [0.2, 0.25) is 0 Å². The second kappa shape index (κ2) is 4.84. The van der Waals surface area contributed by atoms with E-state index in [1.54, 1.807) is 0 Å². The van der Waals surface area contributed by atoms with Gasteiger partial charge >= 0.3 is 0 Å². The molecule has 0 saturated carbocycles. The number of rotatable bonds is 3. The average Bonchev–Trinajstić information content (AvgIpc) is 2.72. The van der Waals surface area contributed by atoms with E-state index in [1.807, 2.05) is 18.3 Å². The van der Waals surface area contributed by atoms with Crippen molar-refractivity contribution in [1.29, 1.82) is 0 Å². The maximum Gasteiger partial charge on any atom is 0.128 e. The molecule has 0 aliphatic carbocycles. The summed E-state index contributed by atoms with van der Waals surface area (Å²) >= 11 is 5.99. The van der Waals surface area contributed by atoms with E-state index in [0.717, 1.165) is 24.7 Å². The monoisotopic (exact) mass is 224 g/mol. The second-order valence-corrected chi connectivity index (χ2v) is 4.37. The molecule has 0 bridgehead atoms. The third kappa shape index (κ3) is 2.10. The molecular weight excluding hydrogens is 208 g/mol. The van der Waals surface area contributed by atoms with E-state index in [-0.39, 0.29) is 0 Å². The first kappa shape index (κ1) is 10.7. The Balaban J connectivity index is 2.17. The van der Waals surface area contributed by atoms with Crippen molar-refractivity contribution in [2.45, 2.75) is 25.8 Å². The van der Waals surface area contributed by atoms with Gasteiger partial charge in [-0.15, -0.1) is 11.6 Å². The van der Waals surface area contributed by atoms with E-state index < -0.39 is 0 Å². The van der Waals surface area contributed by atoms with Crippen molar-refractivity contribution < 1.29 is 0 Å². The van der Waals surface area contributed by atoms with Gasteiger partial charge in [-0.05, 0) is 30.9 Å². The quantitative estimate of drug-likeness (QED) is 0.734. The highest BCUT2D eigenvalue weighted by Gasteiger charge is 2.32. The molecule has 0 radical (unpaired) electrons. The van der Waals surface area contributed by atoms with Crippen LogP contribution in [0, 0.1) is 5.92 Å². The first-order chi connectivity index (χ1) is 7.36. The molecule has 2 unspecified atom stereocenters. The van der Waals surface area contributed by atoms with Crippen molar-refractivity contribution in [3.05, 3.63) is 24.4 Å². The Morgan fingerprint density at radius 3 is 3.00 bits per heavy atom. The highest BCUT2D eigenvalue weighted by atomic mass is 35.5. The summed E-state index contributed by atoms with van der Waals surface area (Å²) in [5.41, 5.74) is 0. The number of hydrogen-bond acceptors (Lipinski definition) is 2. The third-order valence-electron chi connectivity index (χ3n) is 3.25. The SMILES string of the molecule is CCC1C(CCl)CCN1c1ccccn1. The summed E-state index contributed by atoms with van der Waals surface area (Å²) in [6.45, 7) is 3.32. The minimum atomic E-state index is 0.567. The zero-order chi connectivity index (χ0) is 10.7. The number of pyridine rings is 1. The summed E-state index contributed by atoms with van der Waals surface area (Å²) in [5.74, 6) is 2.48. The van der Waals surface area contributed by atoms with Gasteiger partial charge in [-0.25, -0.2) is 4.98 Å². The largest absolute Gasteiger partial charge is 0.353 e. The number of aromatic nitrogens is 1. The van der Waals surface area contributed by atoms with Crippen LogP contribution in [0.5, 0.6) is 0 Å². The molecule has 1 aromatic rings. The van der Waals surface area contributed by atoms with E-state index in [0.29, 0.717) is 12.0 Å². The van der Waals surface area contributed by atoms with Crippen LogP contribution in [0.3, 0.4) is 0 Å². The van der Waals surface area contributed by atoms with Crippen molar-refractivity contribution in [2.24, 2.45) is 5.92 Å². The molecule has 0 amide bonds. The van der Waals surface area contributed by atoms with E-state index in [2.05, 4.69) is 22.9 Å². The topological polar surface area (TPSA) is 16.1 Å². The lowest BCUT2D eigenvalue weighted by Gasteiger charge is -2.27. The lowest BCUT2D eigenvalue weighted by atomic mass is 10.0. The van der Waals surface area contributed by atoms with Gasteiger partial charge in [-0.3, -0.25) is 0 Å². The fourth-order valence-corrected chi connectivity index (χ4v) is 2.82. The van der Waals surface area contributed by atoms with Crippen LogP contribution < -0.4 is 4.90 Å². The normalized spacial score (nSPS) is 25.9. The summed E-state index contributed by atoms with van der Waals surface area (Å²) in [5, 5.41) is 0. The van der Waals surface area contributed by atoms with Gasteiger partial charge in [0.2, 0.25) is 0 Å². The Bertz CT molecular complexity index is 302. The second-order valence-electron chi connectivity index (χ2n) is 4.06. The molecule has 1 aliphatic rings. The number of alkyl halides is 1. The van der Waals surface area contributed by atoms with Gasteiger partial charge in [0.25, 0.3) is 0 Å². The standard InChI is InChI=1S/C12H17ClN2/c1-2-11-10(9-13)6-8-15(11)12-5-3-4-7-14-12/h3-5,7,10-11H,2,6,8-9H2,1H3. The van der Waals surface area contributed by atoms with E-state index >= 15 is 0 Å². The fourth-order valence-electron chi connectivity index (χ4n) is 2.46. The lowest BCUT2D eigenvalue weighted by molar-refractivity contribution is 0.502. The van der Waals surface area contributed by atoms with Gasteiger partial charge < -0.3 is 4.90 Å². The van der Waals surface area contributed by atoms with Crippen LogP contribution >= 0.6 is 11.6 Å². The maximum atomic E-state index is 5.99. The lowest BCUT2D eigenvalue weighted by Crippen LogP contribution is -2.33. The van der Waals surface area contributed by atoms with Gasteiger partial charge in [0.1, 0.15) is 5.82 Å². The first-order valence-electron chi connectivity index (χ1n) is 5.60. The van der Waals surface area contributed by atoms with Crippen LogP contribution in [-0.4, -0.2) is 23.5 Å². The molecule has 2 heterocycles. The summed E-state index contributed by atoms with van der Waals surface area (Å²) in [4.78, 5) is 6.81. The van der Waals surface area contributed by atoms with Crippen LogP contribution in [0.1, 0.15) is 19.8 Å². The molecule has 1 saturated heterocycles. The van der Waals surface area contributed by atoms with E-state index in [1.165, 1.54) is 6.42 Å². The Kier molecular flexibility index (Phi) is 3.47. The molecule has 0 N–H and O–H groups in total. The smallest absolute Gasteiger partial charge is 0.128 e. The molecule has 2 rings (SSSR count). The first-order valence-corrected chi connectivity index (χ1v) is 6.14. The third-order valence-corrected chi connectivity index (χ3v) is 3.64. The average molecular weight is 225 g/mol. The number of anilines is 1. The van der Waals surface area contributed by atoms with Crippen molar-refractivity contribution in [2.75, 3.05) is 17.3 Å². The summed E-state index contributed by atoms with van der Waals surface area (Å²) in [6.07, 6.45) is 4.20. The summed E-state index contributed by atoms with van der Waals surface area (Å²) < 4.78 is 0. The Morgan fingerprint density at radius 2 is 2.40 bits per heavy atom. The van der Waals surface area contributed by atoms with Crippen molar-refractivity contribution in [1.82, 2.24) is 4.98 Å². The zero-order valence-electron chi connectivity index (χ0n) is 9.06. The zero-order valence-corrected chi connectivity index (χ0v) is 9.82. The molecule has 3 heteroatoms. The Labute approximate surface area is 96.3 Å². The van der Waals surface area contributed by atoms with Crippen molar-refractivity contribution in [3.8, 4) is 0 Å². The predicted octanol–water partition coefficient (Wildman–Crippen LogP) is 2.93. The molecule has 0 spiro atoms. The Morgan fingerprint density at radius 1 is 1.53 bits per heavy atom. The van der Waals surface area contributed by atoms with E-state index in [4.69, 9.17) is 11.6 Å². The number of hydrogen-bond donors (Lipinski definition) is 0. The molecule has 15 heavy (non-hydrogen) atoms. The molecule has 82 valence electrons. The van der Waals surface area contributed by atoms with Gasteiger partial charge in [0, 0.05) is 24.7 Å². The Hall–Kier alpha value is -0.760. The van der Waals surface area contributed by atoms with Gasteiger partial charge in [-0.1, -0.05) is 13.0 Å². The van der Waals surface area contributed by atoms with Crippen LogP contribution in [0.15, 0.2) is 24.4 Å². The van der Waals surface area contributed by atoms with Crippen molar-refractivity contribution >= 4 is 17.4 Å². The van der Waals surface area contributed by atoms with Gasteiger partial charge in [-0.2, -0.15) is 0 Å². The minimum absolute atomic E-state index is 0.567. The highest BCUT2D eigenvalue weighted by molar-refractivity contribution is 6.18. The minimum Gasteiger partial charge on any atom is -0.353 e. The van der Waals surface area contributed by atoms with Crippen molar-refractivity contribution in [3.63, 3.8) is 0 Å². The predicted molar refractivity (Wildman–Crippen MR) is 64.5 cm³/mol. The molecule has 0 aromatic carbocycles. The van der Waals surface area contributed by atoms with Crippen LogP contribution in [-0.2, 0) is 0 Å². The molecule has 2 nitrogen and oxygen atoms in total. The van der Waals surface area contributed by atoms with Crippen LogP contribution in [0.4, 0.5) is 5.82 Å². The number of halogens is 1. The molecule has 2 atom stereocenters. The maximum absolute atomic E-state index is 5.99. The summed E-state index contributed by atoms with van der Waals surface area (Å²) in [6, 6.07) is 6.65. The molecule has 1 aromatic heterocycles. The van der Waals surface area contributed by atoms with Gasteiger partial charge in [0.15, 0.2) is 0 Å². The van der Waals surface area contributed by atoms with E-state index in [9.17, 15) is 0 Å². The summed E-state index contributed by atoms with van der Waals surface area (Å²) in [7, 11) is 0. The van der Waals surface area contributed by atoms with Gasteiger partial charge in [0.05, 0.1) is 0 Å². The number of nitrogens with zero attached hydrogens (tertiary/aromatic N) is 2. The molecular formula is C12H17ClN2.